The second-order valence-electron chi connectivity index (χ2n) is 11.8. The Kier molecular flexibility index (Phi) is 10.5. The number of pyridine rings is 1. The third kappa shape index (κ3) is 7.92. The number of aromatic hydroxyl groups is 1. The Morgan fingerprint density at radius 2 is 1.85 bits per heavy atom. The zero-order valence-corrected chi connectivity index (χ0v) is 27.2. The maximum Gasteiger partial charge on any atom is 0.251 e. The highest BCUT2D eigenvalue weighted by Crippen LogP contribution is 2.29. The van der Waals surface area contributed by atoms with Gasteiger partial charge >= 0.3 is 0 Å². The third-order valence-electron chi connectivity index (χ3n) is 8.58. The van der Waals surface area contributed by atoms with Gasteiger partial charge in [0, 0.05) is 54.0 Å². The molecule has 3 aromatic carbocycles. The molecule has 48 heavy (non-hydrogen) atoms. The van der Waals surface area contributed by atoms with Crippen molar-refractivity contribution in [3.8, 4) is 11.6 Å². The molecule has 0 aliphatic carbocycles. The molecule has 1 aliphatic heterocycles. The minimum atomic E-state index is -0.734. The smallest absolute Gasteiger partial charge is 0.251 e. The van der Waals surface area contributed by atoms with E-state index in [0.717, 1.165) is 43.0 Å². The molecule has 1 saturated heterocycles. The van der Waals surface area contributed by atoms with Crippen LogP contribution in [0.5, 0.6) is 11.6 Å². The van der Waals surface area contributed by atoms with Gasteiger partial charge < -0.3 is 24.5 Å². The van der Waals surface area contributed by atoms with E-state index in [1.165, 1.54) is 18.2 Å². The number of fused-ring (bicyclic) bond motifs is 1. The number of hydrogen-bond acceptors (Lipinski definition) is 7. The molecule has 9 nitrogen and oxygen atoms in total. The summed E-state index contributed by atoms with van der Waals surface area (Å²) in [7, 11) is 1.66. The van der Waals surface area contributed by atoms with Gasteiger partial charge in [0.15, 0.2) is 11.6 Å². The fourth-order valence-electron chi connectivity index (χ4n) is 5.93. The number of imidazole rings is 1. The van der Waals surface area contributed by atoms with Crippen molar-refractivity contribution in [2.75, 3.05) is 26.8 Å². The molecule has 250 valence electrons. The number of benzene rings is 3. The summed E-state index contributed by atoms with van der Waals surface area (Å²) in [6.07, 6.45) is 1.83. The Labute approximate surface area is 282 Å². The number of nitrogens with one attached hydrogen (secondary N) is 1. The van der Waals surface area contributed by atoms with Crippen LogP contribution in [0.2, 0.25) is 5.02 Å². The first kappa shape index (κ1) is 33.3. The van der Waals surface area contributed by atoms with Crippen molar-refractivity contribution < 1.29 is 28.2 Å². The molecule has 0 bridgehead atoms. The number of aromatic nitrogens is 3. The number of amides is 1. The minimum Gasteiger partial charge on any atom is -0.505 e. The van der Waals surface area contributed by atoms with E-state index >= 15 is 0 Å². The number of phenolic OH excluding ortho intramolecular Hbond substituents is 1. The van der Waals surface area contributed by atoms with Crippen molar-refractivity contribution in [2.45, 2.75) is 45.0 Å². The van der Waals surface area contributed by atoms with E-state index in [1.54, 1.807) is 43.5 Å². The summed E-state index contributed by atoms with van der Waals surface area (Å²) < 4.78 is 41.2. The summed E-state index contributed by atoms with van der Waals surface area (Å²) in [4.78, 5) is 25.0. The lowest BCUT2D eigenvalue weighted by Crippen LogP contribution is -2.33. The molecular formula is C36H36ClF2N5O4. The van der Waals surface area contributed by atoms with Crippen LogP contribution in [0, 0.1) is 11.6 Å². The Bertz CT molecular complexity index is 1910. The summed E-state index contributed by atoms with van der Waals surface area (Å²) in [6.45, 7) is 3.66. The topological polar surface area (TPSA) is 102 Å². The SMILES string of the molecule is COCCn1c(CN2CCC(c3cccc(OCc4ccc(Cl)cc4F)n3)CC2)nc2cc(C(=O)NCc3ccc(O)c(F)c3)ccc21. The average molecular weight is 676 g/mol. The molecule has 0 spiro atoms. The van der Waals surface area contributed by atoms with E-state index in [4.69, 9.17) is 31.0 Å². The van der Waals surface area contributed by atoms with Gasteiger partial charge in [-0.3, -0.25) is 9.69 Å². The van der Waals surface area contributed by atoms with Crippen LogP contribution in [0.25, 0.3) is 11.0 Å². The van der Waals surface area contributed by atoms with Crippen LogP contribution >= 0.6 is 11.6 Å². The number of halogens is 3. The number of ether oxygens (including phenoxy) is 2. The quantitative estimate of drug-likeness (QED) is 0.154. The van der Waals surface area contributed by atoms with Crippen LogP contribution in [-0.4, -0.2) is 57.3 Å². The second kappa shape index (κ2) is 15.1. The lowest BCUT2D eigenvalue weighted by Gasteiger charge is -2.31. The molecule has 1 aliphatic rings. The van der Waals surface area contributed by atoms with Crippen molar-refractivity contribution in [3.05, 3.63) is 118 Å². The maximum absolute atomic E-state index is 14.2. The van der Waals surface area contributed by atoms with Gasteiger partial charge in [-0.15, -0.1) is 0 Å². The van der Waals surface area contributed by atoms with Crippen molar-refractivity contribution in [3.63, 3.8) is 0 Å². The number of phenols is 1. The van der Waals surface area contributed by atoms with Gasteiger partial charge in [0.2, 0.25) is 5.88 Å². The molecule has 2 aromatic heterocycles. The van der Waals surface area contributed by atoms with E-state index < -0.39 is 17.4 Å². The van der Waals surface area contributed by atoms with Gasteiger partial charge in [0.25, 0.3) is 5.91 Å². The van der Waals surface area contributed by atoms with E-state index in [0.29, 0.717) is 52.8 Å². The van der Waals surface area contributed by atoms with Crippen LogP contribution < -0.4 is 10.1 Å². The van der Waals surface area contributed by atoms with Crippen molar-refractivity contribution in [1.82, 2.24) is 24.8 Å². The highest BCUT2D eigenvalue weighted by Gasteiger charge is 2.24. The largest absolute Gasteiger partial charge is 0.505 e. The predicted octanol–water partition coefficient (Wildman–Crippen LogP) is 6.60. The van der Waals surface area contributed by atoms with Crippen LogP contribution in [0.3, 0.4) is 0 Å². The molecule has 0 saturated carbocycles. The molecule has 3 heterocycles. The Morgan fingerprint density at radius 1 is 1.02 bits per heavy atom. The van der Waals surface area contributed by atoms with Crippen molar-refractivity contribution >= 4 is 28.5 Å². The number of nitrogens with zero attached hydrogens (tertiary/aromatic N) is 4. The molecule has 1 fully saturated rings. The van der Waals surface area contributed by atoms with Gasteiger partial charge in [-0.25, -0.2) is 18.7 Å². The Hall–Kier alpha value is -4.58. The van der Waals surface area contributed by atoms with E-state index in [2.05, 4.69) is 14.8 Å². The second-order valence-corrected chi connectivity index (χ2v) is 12.3. The first-order valence-corrected chi connectivity index (χ1v) is 16.1. The van der Waals surface area contributed by atoms with E-state index in [-0.39, 0.29) is 25.0 Å². The molecule has 1 amide bonds. The number of carbonyl (C=O) groups excluding carboxylic acids is 1. The number of hydrogen-bond donors (Lipinski definition) is 2. The fraction of sp³-hybridized carbons (Fsp3) is 0.306. The molecule has 12 heteroatoms. The zero-order chi connectivity index (χ0) is 33.6. The van der Waals surface area contributed by atoms with Crippen molar-refractivity contribution in [1.29, 1.82) is 0 Å². The number of likely N-dealkylation sites (tertiary alicyclic amines) is 1. The molecule has 2 N–H and O–H groups in total. The highest BCUT2D eigenvalue weighted by atomic mass is 35.5. The zero-order valence-electron chi connectivity index (χ0n) is 26.5. The number of rotatable bonds is 12. The molecule has 6 rings (SSSR count). The number of piperidine rings is 1. The summed E-state index contributed by atoms with van der Waals surface area (Å²) in [6, 6.07) is 19.7. The Morgan fingerprint density at radius 3 is 2.62 bits per heavy atom. The monoisotopic (exact) mass is 675 g/mol. The standard InChI is InChI=1S/C36H36ClF2N5O4/c1-47-16-15-44-32-9-7-25(36(46)40-20-23-5-10-33(45)29(39)17-23)18-31(32)41-34(44)21-43-13-11-24(12-14-43)30-3-2-4-35(42-30)48-22-26-6-8-27(37)19-28(26)38/h2-10,17-19,24,45H,11-16,20-22H2,1H3,(H,40,46). The van der Waals surface area contributed by atoms with E-state index in [9.17, 15) is 18.7 Å². The summed E-state index contributed by atoms with van der Waals surface area (Å²) in [5.74, 6) is -0.267. The average Bonchev–Trinajstić information content (AvgIpc) is 3.43. The third-order valence-corrected chi connectivity index (χ3v) is 8.82. The fourth-order valence-corrected chi connectivity index (χ4v) is 6.09. The predicted molar refractivity (Wildman–Crippen MR) is 178 cm³/mol. The normalized spacial score (nSPS) is 14.0. The Balaban J connectivity index is 1.09. The van der Waals surface area contributed by atoms with Gasteiger partial charge in [-0.05, 0) is 80.0 Å². The number of carbonyl (C=O) groups is 1. The first-order valence-electron chi connectivity index (χ1n) is 15.8. The molecule has 0 unspecified atom stereocenters. The van der Waals surface area contributed by atoms with Gasteiger partial charge in [0.1, 0.15) is 18.2 Å². The highest BCUT2D eigenvalue weighted by molar-refractivity contribution is 6.30. The lowest BCUT2D eigenvalue weighted by atomic mass is 9.93. The van der Waals surface area contributed by atoms with Gasteiger partial charge in [0.05, 0.1) is 24.2 Å². The van der Waals surface area contributed by atoms with Crippen LogP contribution in [-0.2, 0) is 31.0 Å². The number of methoxy groups -OCH3 is 1. The van der Waals surface area contributed by atoms with Gasteiger partial charge in [-0.1, -0.05) is 29.8 Å². The molecule has 0 radical (unpaired) electrons. The van der Waals surface area contributed by atoms with E-state index in [1.807, 2.05) is 18.2 Å². The lowest BCUT2D eigenvalue weighted by molar-refractivity contribution is 0.0951. The van der Waals surface area contributed by atoms with Crippen LogP contribution in [0.1, 0.15) is 51.8 Å². The minimum absolute atomic E-state index is 0.0647. The summed E-state index contributed by atoms with van der Waals surface area (Å²) >= 11 is 5.86. The van der Waals surface area contributed by atoms with Gasteiger partial charge in [-0.2, -0.15) is 0 Å². The summed E-state index contributed by atoms with van der Waals surface area (Å²) in [5.41, 5.74) is 3.98. The molecule has 5 aromatic rings. The van der Waals surface area contributed by atoms with Crippen LogP contribution in [0.15, 0.2) is 72.8 Å². The maximum atomic E-state index is 14.2. The van der Waals surface area contributed by atoms with Crippen molar-refractivity contribution in [2.24, 2.45) is 0 Å². The summed E-state index contributed by atoms with van der Waals surface area (Å²) in [5, 5.41) is 12.6. The molecular weight excluding hydrogens is 640 g/mol. The first-order chi connectivity index (χ1) is 23.3. The van der Waals surface area contributed by atoms with Crippen LogP contribution in [0.4, 0.5) is 8.78 Å². The molecule has 0 atom stereocenters.